The number of benzene rings is 1. The Kier molecular flexibility index (Phi) is 8.72. The topological polar surface area (TPSA) is 72.6 Å². The van der Waals surface area contributed by atoms with E-state index >= 15 is 0 Å². The summed E-state index contributed by atoms with van der Waals surface area (Å²) >= 11 is 6.83. The Labute approximate surface area is 228 Å². The first-order chi connectivity index (χ1) is 17.9. The van der Waals surface area contributed by atoms with E-state index in [0.29, 0.717) is 27.9 Å². The molecular formula is C28H33N5O2S2. The summed E-state index contributed by atoms with van der Waals surface area (Å²) in [5.41, 5.74) is 2.37. The van der Waals surface area contributed by atoms with Gasteiger partial charge in [0.05, 0.1) is 4.91 Å². The molecule has 0 spiro atoms. The number of hydrogen-bond donors (Lipinski definition) is 0. The van der Waals surface area contributed by atoms with Gasteiger partial charge in [-0.1, -0.05) is 61.9 Å². The Hall–Kier alpha value is -3.09. The highest BCUT2D eigenvalue weighted by Gasteiger charge is 2.33. The summed E-state index contributed by atoms with van der Waals surface area (Å²) < 4.78 is 2.24. The standard InChI is InChI=1S/C28H33N5O2S2/c1-4-6-10-13-33-27(35)24(37-28(33)36)18-22-20(3)23(19-29)26(34)32(5-2)25(22)31-16-14-30(15-17-31)21-11-8-7-9-12-21/h7-9,11-12,18H,4-6,10,13-17H2,1-3H3/b24-18-. The van der Waals surface area contributed by atoms with Crippen molar-refractivity contribution in [3.63, 3.8) is 0 Å². The zero-order valence-electron chi connectivity index (χ0n) is 21.7. The number of carbonyl (C=O) groups excluding carboxylic acids is 1. The molecule has 1 aromatic heterocycles. The van der Waals surface area contributed by atoms with Crippen molar-refractivity contribution in [2.45, 2.75) is 46.6 Å². The van der Waals surface area contributed by atoms with Crippen molar-refractivity contribution in [3.8, 4) is 6.07 Å². The fraction of sp³-hybridized carbons (Fsp3) is 0.429. The average Bonchev–Trinajstić information content (AvgIpc) is 3.18. The molecule has 3 heterocycles. The van der Waals surface area contributed by atoms with Gasteiger partial charge >= 0.3 is 0 Å². The van der Waals surface area contributed by atoms with Gasteiger partial charge in [-0.2, -0.15) is 5.26 Å². The zero-order valence-corrected chi connectivity index (χ0v) is 23.3. The van der Waals surface area contributed by atoms with Crippen LogP contribution in [0.15, 0.2) is 40.0 Å². The van der Waals surface area contributed by atoms with Crippen LogP contribution in [0.3, 0.4) is 0 Å². The van der Waals surface area contributed by atoms with Gasteiger partial charge < -0.3 is 9.80 Å². The molecule has 9 heteroatoms. The fourth-order valence-corrected chi connectivity index (χ4v) is 6.23. The van der Waals surface area contributed by atoms with Crippen LogP contribution in [0.5, 0.6) is 0 Å². The van der Waals surface area contributed by atoms with Gasteiger partial charge in [0, 0.05) is 50.5 Å². The number of aromatic nitrogens is 1. The third-order valence-electron chi connectivity index (χ3n) is 7.00. The molecule has 0 atom stereocenters. The highest BCUT2D eigenvalue weighted by Crippen LogP contribution is 2.36. The van der Waals surface area contributed by atoms with E-state index in [4.69, 9.17) is 12.2 Å². The summed E-state index contributed by atoms with van der Waals surface area (Å²) in [6.07, 6.45) is 4.87. The third-order valence-corrected chi connectivity index (χ3v) is 8.38. The lowest BCUT2D eigenvalue weighted by Gasteiger charge is -2.39. The van der Waals surface area contributed by atoms with Crippen LogP contribution in [0.2, 0.25) is 0 Å². The van der Waals surface area contributed by atoms with Crippen LogP contribution in [-0.4, -0.2) is 52.4 Å². The largest absolute Gasteiger partial charge is 0.368 e. The highest BCUT2D eigenvalue weighted by atomic mass is 32.2. The van der Waals surface area contributed by atoms with Gasteiger partial charge in [-0.25, -0.2) is 0 Å². The molecule has 2 aliphatic rings. The number of thioether (sulfide) groups is 1. The molecule has 0 saturated carbocycles. The number of unbranched alkanes of at least 4 members (excludes halogenated alkanes) is 2. The minimum absolute atomic E-state index is 0.0990. The zero-order chi connectivity index (χ0) is 26.5. The first kappa shape index (κ1) is 27.0. The quantitative estimate of drug-likeness (QED) is 0.274. The summed E-state index contributed by atoms with van der Waals surface area (Å²) in [5.74, 6) is 0.672. The first-order valence-corrected chi connectivity index (χ1v) is 14.1. The average molecular weight is 536 g/mol. The maximum Gasteiger partial charge on any atom is 0.270 e. The van der Waals surface area contributed by atoms with E-state index < -0.39 is 0 Å². The molecule has 0 aliphatic carbocycles. The normalized spacial score (nSPS) is 17.1. The number of amides is 1. The van der Waals surface area contributed by atoms with Crippen molar-refractivity contribution >= 4 is 51.8 Å². The van der Waals surface area contributed by atoms with Gasteiger partial charge in [0.15, 0.2) is 0 Å². The van der Waals surface area contributed by atoms with Crippen LogP contribution in [-0.2, 0) is 11.3 Å². The number of nitrogens with zero attached hydrogens (tertiary/aromatic N) is 5. The Morgan fingerprint density at radius 2 is 1.73 bits per heavy atom. The van der Waals surface area contributed by atoms with Gasteiger partial charge in [-0.15, -0.1) is 0 Å². The molecule has 7 nitrogen and oxygen atoms in total. The summed E-state index contributed by atoms with van der Waals surface area (Å²) in [6, 6.07) is 12.4. The number of para-hydroxylation sites is 1. The second kappa shape index (κ2) is 12.0. The second-order valence-corrected chi connectivity index (χ2v) is 10.9. The van der Waals surface area contributed by atoms with Crippen molar-refractivity contribution in [2.24, 2.45) is 0 Å². The number of pyridine rings is 1. The van der Waals surface area contributed by atoms with Gasteiger partial charge in [-0.3, -0.25) is 19.1 Å². The molecule has 2 fully saturated rings. The summed E-state index contributed by atoms with van der Waals surface area (Å²) in [6.45, 7) is 9.94. The number of hydrogen-bond acceptors (Lipinski definition) is 7. The molecule has 1 amide bonds. The predicted octanol–water partition coefficient (Wildman–Crippen LogP) is 4.77. The van der Waals surface area contributed by atoms with E-state index in [2.05, 4.69) is 34.9 Å². The minimum atomic E-state index is -0.285. The number of carbonyl (C=O) groups is 1. The highest BCUT2D eigenvalue weighted by molar-refractivity contribution is 8.26. The van der Waals surface area contributed by atoms with E-state index in [9.17, 15) is 14.9 Å². The monoisotopic (exact) mass is 535 g/mol. The maximum absolute atomic E-state index is 13.3. The van der Waals surface area contributed by atoms with E-state index in [0.717, 1.165) is 56.8 Å². The number of nitriles is 1. The molecule has 0 radical (unpaired) electrons. The van der Waals surface area contributed by atoms with E-state index in [-0.39, 0.29) is 17.0 Å². The Balaban J connectivity index is 1.73. The minimum Gasteiger partial charge on any atom is -0.368 e. The van der Waals surface area contributed by atoms with Gasteiger partial charge in [0.1, 0.15) is 21.8 Å². The van der Waals surface area contributed by atoms with Crippen LogP contribution in [0.25, 0.3) is 6.08 Å². The second-order valence-electron chi connectivity index (χ2n) is 9.25. The first-order valence-electron chi connectivity index (χ1n) is 12.9. The number of rotatable bonds is 8. The molecule has 2 saturated heterocycles. The van der Waals surface area contributed by atoms with Crippen LogP contribution in [0.1, 0.15) is 49.8 Å². The predicted molar refractivity (Wildman–Crippen MR) is 156 cm³/mol. The van der Waals surface area contributed by atoms with Crippen LogP contribution in [0, 0.1) is 18.3 Å². The summed E-state index contributed by atoms with van der Waals surface area (Å²) in [4.78, 5) is 33.3. The number of anilines is 2. The van der Waals surface area contributed by atoms with Crippen molar-refractivity contribution < 1.29 is 4.79 Å². The molecule has 0 unspecified atom stereocenters. The number of thiocarbonyl (C=S) groups is 1. The van der Waals surface area contributed by atoms with Crippen LogP contribution in [0.4, 0.5) is 11.5 Å². The molecule has 37 heavy (non-hydrogen) atoms. The Bertz CT molecular complexity index is 1300. The van der Waals surface area contributed by atoms with Crippen molar-refractivity contribution in [1.82, 2.24) is 9.47 Å². The lowest BCUT2D eigenvalue weighted by Crippen LogP contribution is -2.48. The molecule has 0 N–H and O–H groups in total. The van der Waals surface area contributed by atoms with Crippen LogP contribution >= 0.6 is 24.0 Å². The maximum atomic E-state index is 13.3. The molecule has 194 valence electrons. The summed E-state index contributed by atoms with van der Waals surface area (Å²) in [5, 5.41) is 9.82. The molecule has 1 aromatic carbocycles. The van der Waals surface area contributed by atoms with Crippen molar-refractivity contribution in [1.29, 1.82) is 5.26 Å². The van der Waals surface area contributed by atoms with E-state index in [1.165, 1.54) is 17.4 Å². The smallest absolute Gasteiger partial charge is 0.270 e. The molecule has 4 rings (SSSR count). The van der Waals surface area contributed by atoms with Gasteiger partial charge in [-0.05, 0) is 44.0 Å². The van der Waals surface area contributed by atoms with Crippen molar-refractivity contribution in [3.05, 3.63) is 62.3 Å². The lowest BCUT2D eigenvalue weighted by molar-refractivity contribution is -0.122. The molecule has 2 aliphatic heterocycles. The Morgan fingerprint density at radius 1 is 1.05 bits per heavy atom. The Morgan fingerprint density at radius 3 is 2.35 bits per heavy atom. The van der Waals surface area contributed by atoms with E-state index in [1.807, 2.05) is 31.2 Å². The third kappa shape index (κ3) is 5.46. The molecular weight excluding hydrogens is 502 g/mol. The SMILES string of the molecule is CCCCCN1C(=O)/C(=C/c2c(C)c(C#N)c(=O)n(CC)c2N2CCN(c3ccccc3)CC2)SC1=S. The lowest BCUT2D eigenvalue weighted by atomic mass is 10.0. The fourth-order valence-electron chi connectivity index (χ4n) is 4.94. The number of piperazine rings is 1. The van der Waals surface area contributed by atoms with Gasteiger partial charge in [0.25, 0.3) is 11.5 Å². The molecule has 0 bridgehead atoms. The summed E-state index contributed by atoms with van der Waals surface area (Å²) in [7, 11) is 0. The van der Waals surface area contributed by atoms with Crippen LogP contribution < -0.4 is 15.4 Å². The van der Waals surface area contributed by atoms with Crippen molar-refractivity contribution in [2.75, 3.05) is 42.5 Å². The van der Waals surface area contributed by atoms with Gasteiger partial charge in [0.2, 0.25) is 0 Å². The van der Waals surface area contributed by atoms with E-state index in [1.54, 1.807) is 16.4 Å². The molecule has 2 aromatic rings.